The van der Waals surface area contributed by atoms with Crippen LogP contribution in [0.3, 0.4) is 0 Å². The number of rotatable bonds is 7. The van der Waals surface area contributed by atoms with Crippen molar-refractivity contribution in [1.29, 1.82) is 0 Å². The highest BCUT2D eigenvalue weighted by atomic mass is 16.6. The number of nitro benzene ring substituents is 1. The molecule has 0 aliphatic carbocycles. The second kappa shape index (κ2) is 7.78. The van der Waals surface area contributed by atoms with Crippen LogP contribution in [0, 0.1) is 24.0 Å². The molecule has 8 heteroatoms. The van der Waals surface area contributed by atoms with Crippen LogP contribution in [0.4, 0.5) is 11.4 Å². The van der Waals surface area contributed by atoms with Crippen LogP contribution in [0.15, 0.2) is 24.3 Å². The van der Waals surface area contributed by atoms with Crippen LogP contribution in [0.2, 0.25) is 0 Å². The minimum Gasteiger partial charge on any atom is -0.486 e. The number of aromatic nitrogens is 2. The van der Waals surface area contributed by atoms with Crippen molar-refractivity contribution < 1.29 is 14.5 Å². The molecular weight excluding hydrogens is 324 g/mol. The Balaban J connectivity index is 1.95. The van der Waals surface area contributed by atoms with E-state index in [1.807, 2.05) is 32.4 Å². The van der Waals surface area contributed by atoms with Gasteiger partial charge in [-0.15, -0.1) is 0 Å². The van der Waals surface area contributed by atoms with Crippen LogP contribution in [-0.2, 0) is 4.79 Å². The highest BCUT2D eigenvalue weighted by molar-refractivity contribution is 5.92. The number of ether oxygens (including phenoxy) is 1. The molecule has 0 atom stereocenters. The van der Waals surface area contributed by atoms with Crippen LogP contribution < -0.4 is 10.1 Å². The van der Waals surface area contributed by atoms with Gasteiger partial charge >= 0.3 is 5.69 Å². The van der Waals surface area contributed by atoms with Crippen LogP contribution >= 0.6 is 0 Å². The molecule has 25 heavy (non-hydrogen) atoms. The maximum absolute atomic E-state index is 12.1. The van der Waals surface area contributed by atoms with Crippen molar-refractivity contribution in [3.63, 3.8) is 0 Å². The maximum atomic E-state index is 12.1. The molecule has 0 saturated carbocycles. The molecule has 0 bridgehead atoms. The number of hydrogen-bond acceptors (Lipinski definition) is 5. The van der Waals surface area contributed by atoms with E-state index in [9.17, 15) is 14.9 Å². The second-order valence-electron chi connectivity index (χ2n) is 5.96. The van der Waals surface area contributed by atoms with Crippen molar-refractivity contribution in [1.82, 2.24) is 9.78 Å². The van der Waals surface area contributed by atoms with Gasteiger partial charge in [0.25, 0.3) is 0 Å². The van der Waals surface area contributed by atoms with Gasteiger partial charge in [0.15, 0.2) is 5.75 Å². The minimum atomic E-state index is -0.511. The molecule has 1 amide bonds. The third-order valence-electron chi connectivity index (χ3n) is 3.73. The van der Waals surface area contributed by atoms with E-state index in [2.05, 4.69) is 10.4 Å². The van der Waals surface area contributed by atoms with Gasteiger partial charge in [0, 0.05) is 12.1 Å². The Hall–Kier alpha value is -2.90. The first-order valence-corrected chi connectivity index (χ1v) is 8.03. The highest BCUT2D eigenvalue weighted by Gasteiger charge is 2.17. The van der Waals surface area contributed by atoms with E-state index in [0.29, 0.717) is 5.69 Å². The quantitative estimate of drug-likeness (QED) is 0.612. The smallest absolute Gasteiger partial charge is 0.310 e. The van der Waals surface area contributed by atoms with Gasteiger partial charge in [-0.05, 0) is 33.8 Å². The number of nitro groups is 1. The largest absolute Gasteiger partial charge is 0.486 e. The molecule has 1 aromatic heterocycles. The molecule has 1 aromatic carbocycles. The Labute approximate surface area is 145 Å². The van der Waals surface area contributed by atoms with Gasteiger partial charge in [-0.3, -0.25) is 19.6 Å². The molecular formula is C17H22N4O4. The Morgan fingerprint density at radius 2 is 2.04 bits per heavy atom. The van der Waals surface area contributed by atoms with E-state index >= 15 is 0 Å². The maximum Gasteiger partial charge on any atom is 0.310 e. The highest BCUT2D eigenvalue weighted by Crippen LogP contribution is 2.26. The Kier molecular flexibility index (Phi) is 5.74. The molecule has 0 saturated heterocycles. The fourth-order valence-corrected chi connectivity index (χ4v) is 2.53. The summed E-state index contributed by atoms with van der Waals surface area (Å²) in [6, 6.07) is 6.29. The lowest BCUT2D eigenvalue weighted by Gasteiger charge is -2.10. The second-order valence-corrected chi connectivity index (χ2v) is 5.96. The molecule has 0 spiro atoms. The molecule has 0 radical (unpaired) electrons. The number of carbonyl (C=O) groups is 1. The fraction of sp³-hybridized carbons (Fsp3) is 0.412. The molecule has 134 valence electrons. The van der Waals surface area contributed by atoms with Gasteiger partial charge in [0.1, 0.15) is 0 Å². The van der Waals surface area contributed by atoms with E-state index < -0.39 is 4.92 Å². The van der Waals surface area contributed by atoms with Crippen molar-refractivity contribution in [3.05, 3.63) is 45.8 Å². The van der Waals surface area contributed by atoms with Gasteiger partial charge < -0.3 is 10.1 Å². The molecule has 2 rings (SSSR count). The summed E-state index contributed by atoms with van der Waals surface area (Å²) in [6.45, 7) is 7.83. The lowest BCUT2D eigenvalue weighted by molar-refractivity contribution is -0.385. The summed E-state index contributed by atoms with van der Waals surface area (Å²) < 4.78 is 7.24. The molecule has 8 nitrogen and oxygen atoms in total. The third kappa shape index (κ3) is 4.34. The standard InChI is InChI=1S/C17H22N4O4/c1-11(2)20-13(4)17(12(3)19-20)18-16(22)9-10-25-15-8-6-5-7-14(15)21(23)24/h5-8,11H,9-10H2,1-4H3,(H,18,22). The molecule has 1 heterocycles. The lowest BCUT2D eigenvalue weighted by atomic mass is 10.3. The average molecular weight is 346 g/mol. The van der Waals surface area contributed by atoms with Crippen LogP contribution in [0.1, 0.15) is 37.7 Å². The summed E-state index contributed by atoms with van der Waals surface area (Å²) in [5.41, 5.74) is 2.22. The molecule has 0 unspecified atom stereocenters. The lowest BCUT2D eigenvalue weighted by Crippen LogP contribution is -2.16. The van der Waals surface area contributed by atoms with Gasteiger partial charge in [-0.2, -0.15) is 5.10 Å². The first kappa shape index (κ1) is 18.4. The topological polar surface area (TPSA) is 99.3 Å². The summed E-state index contributed by atoms with van der Waals surface area (Å²) in [5, 5.41) is 18.2. The van der Waals surface area contributed by atoms with Gasteiger partial charge in [-0.25, -0.2) is 0 Å². The zero-order valence-electron chi connectivity index (χ0n) is 14.8. The number of amides is 1. The first-order chi connectivity index (χ1) is 11.8. The zero-order valence-corrected chi connectivity index (χ0v) is 14.8. The van der Waals surface area contributed by atoms with E-state index in [-0.39, 0.29) is 36.4 Å². The number of anilines is 1. The van der Waals surface area contributed by atoms with Gasteiger partial charge in [-0.1, -0.05) is 12.1 Å². The summed E-state index contributed by atoms with van der Waals surface area (Å²) >= 11 is 0. The minimum absolute atomic E-state index is 0.0487. The van der Waals surface area contributed by atoms with Crippen molar-refractivity contribution in [3.8, 4) is 5.75 Å². The summed E-state index contributed by atoms with van der Waals surface area (Å²) in [5.74, 6) is -0.0756. The van der Waals surface area contributed by atoms with E-state index in [1.165, 1.54) is 12.1 Å². The first-order valence-electron chi connectivity index (χ1n) is 8.03. The van der Waals surface area contributed by atoms with Crippen molar-refractivity contribution in [2.75, 3.05) is 11.9 Å². The zero-order chi connectivity index (χ0) is 18.6. The van der Waals surface area contributed by atoms with Crippen LogP contribution in [0.5, 0.6) is 5.75 Å². The summed E-state index contributed by atoms with van der Waals surface area (Å²) in [6.07, 6.45) is 0.0811. The van der Waals surface area contributed by atoms with Crippen molar-refractivity contribution in [2.24, 2.45) is 0 Å². The van der Waals surface area contributed by atoms with Gasteiger partial charge in [0.2, 0.25) is 5.91 Å². The molecule has 0 aliphatic rings. The monoisotopic (exact) mass is 346 g/mol. The number of nitrogens with zero attached hydrogens (tertiary/aromatic N) is 3. The molecule has 1 N–H and O–H groups in total. The van der Waals surface area contributed by atoms with Crippen LogP contribution in [-0.4, -0.2) is 27.2 Å². The summed E-state index contributed by atoms with van der Waals surface area (Å²) in [7, 11) is 0. The number of carbonyl (C=O) groups excluding carboxylic acids is 1. The number of benzene rings is 1. The van der Waals surface area contributed by atoms with E-state index in [1.54, 1.807) is 12.1 Å². The Morgan fingerprint density at radius 3 is 2.64 bits per heavy atom. The van der Waals surface area contributed by atoms with E-state index in [4.69, 9.17) is 4.74 Å². The third-order valence-corrected chi connectivity index (χ3v) is 3.73. The summed E-state index contributed by atoms with van der Waals surface area (Å²) in [4.78, 5) is 22.6. The molecule has 0 fully saturated rings. The molecule has 2 aromatic rings. The van der Waals surface area contributed by atoms with Crippen LogP contribution in [0.25, 0.3) is 0 Å². The predicted octanol–water partition coefficient (Wildman–Crippen LogP) is 3.40. The number of para-hydroxylation sites is 2. The number of nitrogens with one attached hydrogen (secondary N) is 1. The fourth-order valence-electron chi connectivity index (χ4n) is 2.53. The Bertz CT molecular complexity index is 783. The van der Waals surface area contributed by atoms with Gasteiger partial charge in [0.05, 0.1) is 35.0 Å². The normalized spacial score (nSPS) is 10.8. The average Bonchev–Trinajstić information content (AvgIpc) is 2.83. The predicted molar refractivity (Wildman–Crippen MR) is 93.9 cm³/mol. The number of aryl methyl sites for hydroxylation is 1. The Morgan fingerprint density at radius 1 is 1.36 bits per heavy atom. The number of hydrogen-bond donors (Lipinski definition) is 1. The van der Waals surface area contributed by atoms with E-state index in [0.717, 1.165) is 11.4 Å². The molecule has 0 aliphatic heterocycles. The van der Waals surface area contributed by atoms with Crippen molar-refractivity contribution >= 4 is 17.3 Å². The van der Waals surface area contributed by atoms with Crippen molar-refractivity contribution in [2.45, 2.75) is 40.2 Å². The SMILES string of the molecule is Cc1nn(C(C)C)c(C)c1NC(=O)CCOc1ccccc1[N+](=O)[O-].